The third kappa shape index (κ3) is 24.9. The number of aliphatic hydroxyl groups excluding tert-OH is 6. The number of rotatable bonds is 27. The van der Waals surface area contributed by atoms with E-state index in [-0.39, 0.29) is 36.4 Å². The number of hydrogen-bond donors (Lipinski definition) is 25. The van der Waals surface area contributed by atoms with E-state index in [9.17, 15) is 94.2 Å². The second-order valence-corrected chi connectivity index (χ2v) is 41.5. The van der Waals surface area contributed by atoms with E-state index in [0.717, 1.165) is 77.4 Å². The number of phenols is 3. The van der Waals surface area contributed by atoms with Crippen LogP contribution < -0.4 is 73.5 Å². The summed E-state index contributed by atoms with van der Waals surface area (Å²) in [5.74, 6) is -17.3. The van der Waals surface area contributed by atoms with Crippen LogP contribution in [0.25, 0.3) is 22.3 Å². The predicted molar refractivity (Wildman–Crippen MR) is 501 cm³/mol. The summed E-state index contributed by atoms with van der Waals surface area (Å²) in [6.07, 6.45) is -27.7. The van der Waals surface area contributed by atoms with Gasteiger partial charge in [0.1, 0.15) is 89.5 Å². The standard InChI is InChI=1S/C92H110Cl3N11O35P2/c1-39(2)25-55(98-7)81(117)105-71-73(112)46-16-21-59(53(94)27-46)136-61-29-48-30-62(77(61)141-88-78(75(114)74(113)63(37-107)138-88)140-66-35-91(6,80(116)41(4)135-66)100-36-42-9-11-43(12-10-42)44-13-18-49(93)19-14-44)137-60-22-17-47(28-54(60)95)76(139-65-34-90(5,97)79(115)40(3)134-65)72-86(122)104-70(87(123)132-38-133-89(124)99-24-8-23-92(125,142(126,127)128)143(129,130)131)52-31-50(108)32-58(110)67(52)51-26-45(15-20-57(51)109)68(83(119)106-72)103-84(120)69(48)102-82(118)56(33-64(96)111)101-85(71)121/h9-22,26-32,39-41,55-56,63,65-66,68-76,78-80,88,98,100,107-110,112-116,125H,8,23-25,33-38,97H2,1-7H3,(H2,96,111)(H,99,124)(H,101,121)(H,102,118)(H,103,120)(H,104,122)(H,105,117)(H,106,119)(H2,126,127,128)(H2,129,130,131). The van der Waals surface area contributed by atoms with Crippen LogP contribution in [-0.2, 0) is 87.2 Å². The number of phenolic OH excluding ortho intramolecular Hbond substituents is 3. The van der Waals surface area contributed by atoms with E-state index in [0.29, 0.717) is 11.1 Å². The summed E-state index contributed by atoms with van der Waals surface area (Å²) in [5.41, 5.74) is 8.69. The summed E-state index contributed by atoms with van der Waals surface area (Å²) in [5, 5.41) is 137. The quantitative estimate of drug-likeness (QED) is 0.0152. The largest absolute Gasteiger partial charge is 0.508 e. The molecule has 51 heteroatoms. The number of fused-ring (bicyclic) bond motifs is 15. The van der Waals surface area contributed by atoms with Crippen LogP contribution in [-0.4, -0.2) is 259 Å². The molecule has 0 aliphatic carbocycles. The SMILES string of the molecule is CNC(CC(C)C)C(=O)NC1C(=O)NC(CC(N)=O)C(=O)NC2C(=O)NC3C(=O)NC(C(=O)NC(C(=O)OCOC(=O)NCCCC(O)(P(=O)(O)O)P(=O)(O)O)c4cc(O)cc(O)c4-c4cc3ccc4O)C(OC3CC(C)(N)C(O)C(C)O3)c3ccc(c(Cl)c3)Oc3cc2cc(c3OC2OC(CO)C(O)C(O)C2OC2CC(C)(NCc3ccc(-c4ccc(Cl)cc4)cc3)C(O)C(C)O2)Oc2ccc(cc2Cl)C1O. The number of hydrogen-bond acceptors (Lipinski definition) is 34. The van der Waals surface area contributed by atoms with Crippen LogP contribution in [0.5, 0.6) is 46.0 Å². The molecule has 8 heterocycles. The fourth-order valence-corrected chi connectivity index (χ4v) is 20.2. The Labute approximate surface area is 830 Å². The lowest BCUT2D eigenvalue weighted by Gasteiger charge is -2.48. The van der Waals surface area contributed by atoms with Crippen LogP contribution in [0.15, 0.2) is 127 Å². The van der Waals surface area contributed by atoms with Crippen LogP contribution >= 0.6 is 50.0 Å². The van der Waals surface area contributed by atoms with Crippen molar-refractivity contribution in [2.75, 3.05) is 27.0 Å². The molecule has 0 saturated carbocycles. The van der Waals surface area contributed by atoms with E-state index in [1.807, 2.05) is 41.7 Å². The lowest BCUT2D eigenvalue weighted by molar-refractivity contribution is -0.334. The number of esters is 1. The van der Waals surface area contributed by atoms with Crippen molar-refractivity contribution in [2.45, 2.75) is 225 Å². The predicted octanol–water partition coefficient (Wildman–Crippen LogP) is 3.42. The fourth-order valence-electron chi connectivity index (χ4n) is 17.4. The third-order valence-electron chi connectivity index (χ3n) is 25.2. The van der Waals surface area contributed by atoms with Gasteiger partial charge < -0.3 is 177 Å². The van der Waals surface area contributed by atoms with Crippen molar-refractivity contribution in [3.05, 3.63) is 176 Å². The molecule has 8 aliphatic heterocycles. The van der Waals surface area contributed by atoms with Crippen molar-refractivity contribution >= 4 is 103 Å². The molecular formula is C92H110Cl3N11O35P2. The van der Waals surface area contributed by atoms with E-state index in [4.69, 9.17) is 93.6 Å². The number of nitrogens with one attached hydrogen (secondary N) is 9. The maximum absolute atomic E-state index is 16.8. The number of alkyl carbamates (subject to hydrolysis) is 1. The summed E-state index contributed by atoms with van der Waals surface area (Å²) >= 11 is 20.9. The van der Waals surface area contributed by atoms with Gasteiger partial charge in [-0.1, -0.05) is 103 Å². The highest BCUT2D eigenvalue weighted by Gasteiger charge is 2.59. The molecule has 7 aromatic carbocycles. The highest BCUT2D eigenvalue weighted by atomic mass is 35.5. The Kier molecular flexibility index (Phi) is 34.3. The number of amides is 8. The van der Waals surface area contributed by atoms with Gasteiger partial charge >= 0.3 is 27.3 Å². The number of ether oxygens (including phenoxy) is 10. The lowest BCUT2D eigenvalue weighted by Crippen LogP contribution is -2.65. The summed E-state index contributed by atoms with van der Waals surface area (Å²) in [6, 6.07) is 12.8. The molecule has 0 spiro atoms. The summed E-state index contributed by atoms with van der Waals surface area (Å²) in [7, 11) is -10.5. The van der Waals surface area contributed by atoms with E-state index < -0.39 is 336 Å². The molecule has 22 unspecified atom stereocenters. The van der Waals surface area contributed by atoms with Gasteiger partial charge in [-0.2, -0.15) is 0 Å². The molecule has 11 bridgehead atoms. The first-order chi connectivity index (χ1) is 67.3. The maximum atomic E-state index is 16.8. The van der Waals surface area contributed by atoms with Gasteiger partial charge in [0, 0.05) is 71.2 Å². The highest BCUT2D eigenvalue weighted by Crippen LogP contribution is 2.69. The fraction of sp³-hybridized carbons (Fsp3) is 0.446. The minimum Gasteiger partial charge on any atom is -0.508 e. The van der Waals surface area contributed by atoms with Crippen LogP contribution in [0.2, 0.25) is 15.1 Å². The number of benzene rings is 7. The van der Waals surface area contributed by atoms with Crippen LogP contribution in [0, 0.1) is 5.92 Å². The molecule has 0 aromatic heterocycles. The third-order valence-corrected chi connectivity index (χ3v) is 29.9. The summed E-state index contributed by atoms with van der Waals surface area (Å²) in [6.45, 7) is 6.58. The first-order valence-corrected chi connectivity index (χ1v) is 49.2. The number of aliphatic hydroxyl groups is 7. The molecule has 46 nitrogen and oxygen atoms in total. The summed E-state index contributed by atoms with van der Waals surface area (Å²) < 4.78 is 87.6. The van der Waals surface area contributed by atoms with Gasteiger partial charge in [0.15, 0.2) is 36.2 Å². The zero-order valence-corrected chi connectivity index (χ0v) is 81.4. The molecule has 27 N–H and O–H groups in total. The smallest absolute Gasteiger partial charge is 0.410 e. The van der Waals surface area contributed by atoms with Crippen molar-refractivity contribution in [2.24, 2.45) is 17.4 Å². The molecule has 22 atom stereocenters. The van der Waals surface area contributed by atoms with E-state index >= 15 is 28.8 Å². The van der Waals surface area contributed by atoms with Crippen LogP contribution in [0.1, 0.15) is 144 Å². The van der Waals surface area contributed by atoms with Gasteiger partial charge in [-0.15, -0.1) is 0 Å². The van der Waals surface area contributed by atoms with Crippen LogP contribution in [0.4, 0.5) is 4.79 Å². The second kappa shape index (κ2) is 44.9. The number of carbonyl (C=O) groups excluding carboxylic acids is 9. The zero-order chi connectivity index (χ0) is 104. The highest BCUT2D eigenvalue weighted by molar-refractivity contribution is 7.72. The number of carbonyl (C=O) groups is 9. The van der Waals surface area contributed by atoms with Gasteiger partial charge in [-0.25, -0.2) is 9.59 Å². The molecule has 8 amide bonds. The number of nitrogens with two attached hydrogens (primary N) is 2. The molecule has 8 aliphatic rings. The molecule has 3 saturated heterocycles. The van der Waals surface area contributed by atoms with Gasteiger partial charge in [0.25, 0.3) is 5.08 Å². The molecular weight excluding hydrogens is 1990 g/mol. The number of halogens is 3. The number of likely N-dealkylation sites (N-methyl/N-ethyl adjacent to an activating group) is 1. The first kappa shape index (κ1) is 109. The monoisotopic (exact) mass is 2100 g/mol. The van der Waals surface area contributed by atoms with E-state index in [1.165, 1.54) is 33.0 Å². The topological polar surface area (TPSA) is 724 Å². The average molecular weight is 2100 g/mol. The van der Waals surface area contributed by atoms with E-state index in [1.54, 1.807) is 39.8 Å². The van der Waals surface area contributed by atoms with Crippen molar-refractivity contribution in [3.8, 4) is 68.2 Å². The van der Waals surface area contributed by atoms with Crippen molar-refractivity contribution < 1.29 is 170 Å². The first-order valence-electron chi connectivity index (χ1n) is 44.8. The Bertz CT molecular complexity index is 6010. The van der Waals surface area contributed by atoms with E-state index in [2.05, 4.69) is 42.5 Å². The minimum absolute atomic E-state index is 0.154. The van der Waals surface area contributed by atoms with Crippen molar-refractivity contribution in [3.63, 3.8) is 0 Å². The Balaban J connectivity index is 0.991. The molecule has 0 radical (unpaired) electrons. The van der Waals surface area contributed by atoms with Gasteiger partial charge in [0.05, 0.1) is 53.5 Å². The average Bonchev–Trinajstić information content (AvgIpc) is 0.776. The molecule has 774 valence electrons. The molecule has 7 aromatic rings. The van der Waals surface area contributed by atoms with Gasteiger partial charge in [0.2, 0.25) is 60.2 Å². The van der Waals surface area contributed by atoms with Gasteiger partial charge in [-0.3, -0.25) is 42.7 Å². The normalized spacial score (nSPS) is 27.8. The Morgan fingerprint density at radius 1 is 0.643 bits per heavy atom. The number of aromatic hydroxyl groups is 3. The molecule has 3 fully saturated rings. The Morgan fingerprint density at radius 3 is 1.83 bits per heavy atom. The van der Waals surface area contributed by atoms with Gasteiger partial charge in [-0.05, 0) is 159 Å². The Hall–Kier alpha value is -11.1. The zero-order valence-electron chi connectivity index (χ0n) is 77.3. The van der Waals surface area contributed by atoms with Crippen molar-refractivity contribution in [1.29, 1.82) is 0 Å². The molecule has 15 rings (SSSR count). The Morgan fingerprint density at radius 2 is 1.23 bits per heavy atom. The van der Waals surface area contributed by atoms with Crippen LogP contribution in [0.3, 0.4) is 0 Å². The van der Waals surface area contributed by atoms with Crippen molar-refractivity contribution in [1.82, 2.24) is 47.9 Å². The minimum atomic E-state index is -5.96. The lowest BCUT2D eigenvalue weighted by atomic mass is 9.84. The molecule has 143 heavy (non-hydrogen) atoms. The maximum Gasteiger partial charge on any atom is 0.410 e. The number of primary amides is 1. The summed E-state index contributed by atoms with van der Waals surface area (Å²) in [4.78, 5) is 176. The second-order valence-electron chi connectivity index (χ2n) is 36.3.